The van der Waals surface area contributed by atoms with Crippen LogP contribution in [0.15, 0.2) is 11.5 Å². The minimum atomic E-state index is -1.31. The SMILES string of the molecule is O=C1O[C@H]([C@@H](O)CO)C(OCCCCCCCCCCO)=C1O. The first-order chi connectivity index (χ1) is 11.1. The second-order valence-corrected chi connectivity index (χ2v) is 5.69. The van der Waals surface area contributed by atoms with Crippen molar-refractivity contribution in [3.8, 4) is 0 Å². The fourth-order valence-corrected chi connectivity index (χ4v) is 2.42. The van der Waals surface area contributed by atoms with Crippen LogP contribution >= 0.6 is 0 Å². The van der Waals surface area contributed by atoms with Gasteiger partial charge in [0.25, 0.3) is 0 Å². The van der Waals surface area contributed by atoms with Crippen molar-refractivity contribution in [2.24, 2.45) is 0 Å². The van der Waals surface area contributed by atoms with Crippen LogP contribution in [0.4, 0.5) is 0 Å². The monoisotopic (exact) mass is 332 g/mol. The zero-order valence-corrected chi connectivity index (χ0v) is 13.4. The summed E-state index contributed by atoms with van der Waals surface area (Å²) < 4.78 is 10.1. The number of hydrogen-bond acceptors (Lipinski definition) is 7. The van der Waals surface area contributed by atoms with E-state index < -0.39 is 30.5 Å². The maximum atomic E-state index is 11.3. The third-order valence-corrected chi connectivity index (χ3v) is 3.77. The molecule has 134 valence electrons. The first-order valence-corrected chi connectivity index (χ1v) is 8.28. The normalized spacial score (nSPS) is 19.1. The van der Waals surface area contributed by atoms with Gasteiger partial charge in [0.1, 0.15) is 6.10 Å². The van der Waals surface area contributed by atoms with Gasteiger partial charge in [-0.25, -0.2) is 4.79 Å². The molecule has 2 atom stereocenters. The predicted octanol–water partition coefficient (Wildman–Crippen LogP) is 1.16. The van der Waals surface area contributed by atoms with Gasteiger partial charge >= 0.3 is 5.97 Å². The zero-order chi connectivity index (χ0) is 17.1. The molecular formula is C16H28O7. The number of hydrogen-bond donors (Lipinski definition) is 4. The maximum Gasteiger partial charge on any atom is 0.378 e. The van der Waals surface area contributed by atoms with Crippen molar-refractivity contribution in [3.63, 3.8) is 0 Å². The molecule has 1 aliphatic rings. The Morgan fingerprint density at radius 2 is 1.57 bits per heavy atom. The number of aliphatic hydroxyl groups excluding tert-OH is 4. The van der Waals surface area contributed by atoms with E-state index in [-0.39, 0.29) is 12.4 Å². The van der Waals surface area contributed by atoms with Gasteiger partial charge in [-0.05, 0) is 12.8 Å². The lowest BCUT2D eigenvalue weighted by molar-refractivity contribution is -0.148. The molecule has 0 fully saturated rings. The van der Waals surface area contributed by atoms with Gasteiger partial charge in [-0.1, -0.05) is 38.5 Å². The van der Waals surface area contributed by atoms with Crippen LogP contribution in [-0.4, -0.2) is 58.4 Å². The van der Waals surface area contributed by atoms with Crippen LogP contribution in [0, 0.1) is 0 Å². The van der Waals surface area contributed by atoms with E-state index in [1.807, 2.05) is 0 Å². The fraction of sp³-hybridized carbons (Fsp3) is 0.812. The molecule has 7 heteroatoms. The molecule has 0 aromatic rings. The van der Waals surface area contributed by atoms with Crippen LogP contribution in [0.3, 0.4) is 0 Å². The van der Waals surface area contributed by atoms with Gasteiger partial charge in [0.05, 0.1) is 13.2 Å². The summed E-state index contributed by atoms with van der Waals surface area (Å²) in [7, 11) is 0. The van der Waals surface area contributed by atoms with Crippen molar-refractivity contribution in [3.05, 3.63) is 11.5 Å². The minimum absolute atomic E-state index is 0.0967. The highest BCUT2D eigenvalue weighted by atomic mass is 16.6. The quantitative estimate of drug-likeness (QED) is 0.295. The molecule has 0 amide bonds. The average molecular weight is 332 g/mol. The second kappa shape index (κ2) is 11.3. The van der Waals surface area contributed by atoms with Crippen molar-refractivity contribution in [1.82, 2.24) is 0 Å². The molecule has 0 saturated heterocycles. The summed E-state index contributed by atoms with van der Waals surface area (Å²) in [6.45, 7) is -0.0121. The molecule has 0 aromatic carbocycles. The maximum absolute atomic E-state index is 11.3. The average Bonchev–Trinajstić information content (AvgIpc) is 2.84. The Morgan fingerprint density at radius 3 is 2.13 bits per heavy atom. The third kappa shape index (κ3) is 6.76. The minimum Gasteiger partial charge on any atom is -0.499 e. The van der Waals surface area contributed by atoms with Crippen LogP contribution in [0.25, 0.3) is 0 Å². The summed E-state index contributed by atoms with van der Waals surface area (Å²) in [6.07, 6.45) is 5.72. The molecule has 1 heterocycles. The predicted molar refractivity (Wildman–Crippen MR) is 82.6 cm³/mol. The molecule has 0 spiro atoms. The van der Waals surface area contributed by atoms with Crippen molar-refractivity contribution in [2.45, 2.75) is 63.6 Å². The van der Waals surface area contributed by atoms with E-state index in [1.165, 1.54) is 0 Å². The Kier molecular flexibility index (Phi) is 9.66. The fourth-order valence-electron chi connectivity index (χ4n) is 2.42. The summed E-state index contributed by atoms with van der Waals surface area (Å²) in [5.41, 5.74) is 0. The third-order valence-electron chi connectivity index (χ3n) is 3.77. The Hall–Kier alpha value is -1.31. The summed E-state index contributed by atoms with van der Waals surface area (Å²) in [5, 5.41) is 36.7. The largest absolute Gasteiger partial charge is 0.499 e. The van der Waals surface area contributed by atoms with Crippen LogP contribution in [-0.2, 0) is 14.3 Å². The molecule has 23 heavy (non-hydrogen) atoms. The Balaban J connectivity index is 2.15. The van der Waals surface area contributed by atoms with E-state index in [0.29, 0.717) is 6.61 Å². The highest BCUT2D eigenvalue weighted by Gasteiger charge is 2.40. The summed E-state index contributed by atoms with van der Waals surface area (Å²) >= 11 is 0. The van der Waals surface area contributed by atoms with E-state index in [2.05, 4.69) is 0 Å². The van der Waals surface area contributed by atoms with Gasteiger partial charge in [-0.3, -0.25) is 0 Å². The first kappa shape index (κ1) is 19.7. The molecule has 0 radical (unpaired) electrons. The molecule has 1 rings (SSSR count). The molecule has 0 saturated carbocycles. The number of aliphatic hydroxyl groups is 4. The molecule has 7 nitrogen and oxygen atoms in total. The topological polar surface area (TPSA) is 116 Å². The van der Waals surface area contributed by atoms with E-state index in [0.717, 1.165) is 51.4 Å². The number of esters is 1. The summed E-state index contributed by atoms with van der Waals surface area (Å²) in [6, 6.07) is 0. The lowest BCUT2D eigenvalue weighted by atomic mass is 10.1. The molecule has 0 aliphatic carbocycles. The number of carbonyl (C=O) groups excluding carboxylic acids is 1. The van der Waals surface area contributed by atoms with Crippen molar-refractivity contribution in [2.75, 3.05) is 19.8 Å². The van der Waals surface area contributed by atoms with E-state index in [1.54, 1.807) is 0 Å². The number of cyclic esters (lactones) is 1. The van der Waals surface area contributed by atoms with Crippen LogP contribution in [0.5, 0.6) is 0 Å². The summed E-state index contributed by atoms with van der Waals surface area (Å²) in [5.74, 6) is -1.67. The van der Waals surface area contributed by atoms with Gasteiger partial charge in [-0.15, -0.1) is 0 Å². The van der Waals surface area contributed by atoms with Gasteiger partial charge in [0.2, 0.25) is 5.76 Å². The van der Waals surface area contributed by atoms with Crippen LogP contribution < -0.4 is 0 Å². The Labute approximate surface area is 136 Å². The van der Waals surface area contributed by atoms with E-state index >= 15 is 0 Å². The summed E-state index contributed by atoms with van der Waals surface area (Å²) in [4.78, 5) is 11.3. The number of unbranched alkanes of at least 4 members (excludes halogenated alkanes) is 7. The number of rotatable bonds is 13. The van der Waals surface area contributed by atoms with Crippen LogP contribution in [0.2, 0.25) is 0 Å². The highest BCUT2D eigenvalue weighted by molar-refractivity contribution is 5.89. The molecule has 0 aromatic heterocycles. The standard InChI is InChI=1S/C16H28O7/c17-9-7-5-3-1-2-4-6-8-10-22-15-13(20)16(21)23-14(15)12(19)11-18/h12,14,17-20H,1-11H2/t12-,14+/m0/s1. The molecule has 4 N–H and O–H groups in total. The zero-order valence-electron chi connectivity index (χ0n) is 13.4. The highest BCUT2D eigenvalue weighted by Crippen LogP contribution is 2.25. The van der Waals surface area contributed by atoms with E-state index in [4.69, 9.17) is 19.7 Å². The Bertz CT molecular complexity index is 381. The van der Waals surface area contributed by atoms with Gasteiger partial charge < -0.3 is 29.9 Å². The smallest absolute Gasteiger partial charge is 0.378 e. The van der Waals surface area contributed by atoms with Crippen LogP contribution in [0.1, 0.15) is 51.4 Å². The van der Waals surface area contributed by atoms with Crippen molar-refractivity contribution >= 4 is 5.97 Å². The number of carbonyl (C=O) groups is 1. The lowest BCUT2D eigenvalue weighted by Crippen LogP contribution is -2.32. The van der Waals surface area contributed by atoms with Gasteiger partial charge in [0, 0.05) is 6.61 Å². The van der Waals surface area contributed by atoms with Gasteiger partial charge in [-0.2, -0.15) is 0 Å². The molecule has 1 aliphatic heterocycles. The molecule has 0 bridgehead atoms. The second-order valence-electron chi connectivity index (χ2n) is 5.69. The van der Waals surface area contributed by atoms with Crippen molar-refractivity contribution in [1.29, 1.82) is 0 Å². The van der Waals surface area contributed by atoms with E-state index in [9.17, 15) is 15.0 Å². The van der Waals surface area contributed by atoms with Crippen molar-refractivity contribution < 1.29 is 34.7 Å². The first-order valence-electron chi connectivity index (χ1n) is 8.28. The molecule has 0 unspecified atom stereocenters. The number of ether oxygens (including phenoxy) is 2. The lowest BCUT2D eigenvalue weighted by Gasteiger charge is -2.18. The Morgan fingerprint density at radius 1 is 1.00 bits per heavy atom. The molecular weight excluding hydrogens is 304 g/mol. The van der Waals surface area contributed by atoms with Gasteiger partial charge in [0.15, 0.2) is 11.9 Å².